The van der Waals surface area contributed by atoms with Crippen LogP contribution in [0.2, 0.25) is 0 Å². The van der Waals surface area contributed by atoms with Crippen LogP contribution in [0.1, 0.15) is 26.7 Å². The van der Waals surface area contributed by atoms with Crippen molar-refractivity contribution in [2.45, 2.75) is 26.7 Å². The minimum Gasteiger partial charge on any atom is -0.341 e. The third-order valence-electron chi connectivity index (χ3n) is 2.57. The van der Waals surface area contributed by atoms with Gasteiger partial charge in [0.2, 0.25) is 0 Å². The molecule has 1 rings (SSSR count). The lowest BCUT2D eigenvalue weighted by molar-refractivity contribution is -0.126. The van der Waals surface area contributed by atoms with Crippen LogP contribution >= 0.6 is 0 Å². The van der Waals surface area contributed by atoms with E-state index in [-0.39, 0.29) is 11.8 Å². The third kappa shape index (κ3) is 2.74. The smallest absolute Gasteiger partial charge is 0.257 e. The first kappa shape index (κ1) is 11.1. The largest absolute Gasteiger partial charge is 0.341 e. The first-order valence-corrected chi connectivity index (χ1v) is 5.21. The topological polar surface area (TPSA) is 20.3 Å². The van der Waals surface area contributed by atoms with Crippen molar-refractivity contribution in [3.8, 4) is 0 Å². The van der Waals surface area contributed by atoms with Gasteiger partial charge in [0.15, 0.2) is 0 Å². The van der Waals surface area contributed by atoms with Gasteiger partial charge in [-0.25, -0.2) is 0 Å². The van der Waals surface area contributed by atoms with Crippen molar-refractivity contribution in [2.24, 2.45) is 11.8 Å². The Labute approximate surface area is 86.3 Å². The molecular formula is C12H19NO. The van der Waals surface area contributed by atoms with Crippen LogP contribution in [0, 0.1) is 11.8 Å². The number of nitrogens with zero attached hydrogens (tertiary/aromatic N) is 1. The maximum atomic E-state index is 11.9. The van der Waals surface area contributed by atoms with Crippen molar-refractivity contribution in [1.29, 1.82) is 0 Å². The number of likely N-dealkylation sites (N-methyl/N-ethyl adjacent to an activating group) is 1. The molecule has 0 N–H and O–H groups in total. The van der Waals surface area contributed by atoms with E-state index in [2.05, 4.69) is 12.3 Å². The molecule has 0 radical (unpaired) electrons. The molecule has 0 aliphatic heterocycles. The fourth-order valence-corrected chi connectivity index (χ4v) is 1.50. The van der Waals surface area contributed by atoms with Crippen LogP contribution in [-0.4, -0.2) is 24.4 Å². The van der Waals surface area contributed by atoms with Gasteiger partial charge in [-0.15, -0.1) is 5.73 Å². The van der Waals surface area contributed by atoms with Gasteiger partial charge in [0.1, 0.15) is 0 Å². The maximum Gasteiger partial charge on any atom is 0.257 e. The molecule has 78 valence electrons. The van der Waals surface area contributed by atoms with Gasteiger partial charge in [-0.2, -0.15) is 0 Å². The van der Waals surface area contributed by atoms with Crippen LogP contribution in [0.15, 0.2) is 17.9 Å². The van der Waals surface area contributed by atoms with Crippen molar-refractivity contribution in [3.05, 3.63) is 17.9 Å². The van der Waals surface area contributed by atoms with Crippen molar-refractivity contribution in [3.63, 3.8) is 0 Å². The molecule has 2 nitrogen and oxygen atoms in total. The van der Waals surface area contributed by atoms with E-state index in [0.717, 1.165) is 12.5 Å². The van der Waals surface area contributed by atoms with Crippen molar-refractivity contribution in [2.75, 3.05) is 13.6 Å². The van der Waals surface area contributed by atoms with E-state index in [4.69, 9.17) is 0 Å². The molecule has 0 heterocycles. The molecular weight excluding hydrogens is 174 g/mol. The Morgan fingerprint density at radius 1 is 1.57 bits per heavy atom. The fourth-order valence-electron chi connectivity index (χ4n) is 1.50. The molecule has 0 aromatic rings. The SMILES string of the molecule is C=C=C(C(=O)N(C)CC1CC1)C(C)C. The number of rotatable bonds is 4. The predicted molar refractivity (Wildman–Crippen MR) is 57.9 cm³/mol. The van der Waals surface area contributed by atoms with Gasteiger partial charge in [0.25, 0.3) is 5.91 Å². The summed E-state index contributed by atoms with van der Waals surface area (Å²) < 4.78 is 0. The molecule has 0 spiro atoms. The van der Waals surface area contributed by atoms with E-state index < -0.39 is 0 Å². The Kier molecular flexibility index (Phi) is 3.54. The highest BCUT2D eigenvalue weighted by Crippen LogP contribution is 2.29. The Bertz CT molecular complexity index is 270. The second-order valence-electron chi connectivity index (χ2n) is 4.37. The van der Waals surface area contributed by atoms with Crippen LogP contribution in [-0.2, 0) is 4.79 Å². The summed E-state index contributed by atoms with van der Waals surface area (Å²) in [5.41, 5.74) is 3.45. The predicted octanol–water partition coefficient (Wildman–Crippen LogP) is 2.22. The summed E-state index contributed by atoms with van der Waals surface area (Å²) in [6, 6.07) is 0. The number of amides is 1. The van der Waals surface area contributed by atoms with E-state index in [1.165, 1.54) is 12.8 Å². The summed E-state index contributed by atoms with van der Waals surface area (Å²) in [7, 11) is 1.86. The fraction of sp³-hybridized carbons (Fsp3) is 0.667. The molecule has 1 fully saturated rings. The van der Waals surface area contributed by atoms with Gasteiger partial charge < -0.3 is 4.90 Å². The highest BCUT2D eigenvalue weighted by atomic mass is 16.2. The molecule has 0 unspecified atom stereocenters. The normalized spacial score (nSPS) is 15.1. The van der Waals surface area contributed by atoms with Crippen LogP contribution in [0.4, 0.5) is 0 Å². The second kappa shape index (κ2) is 4.47. The monoisotopic (exact) mass is 193 g/mol. The van der Waals surface area contributed by atoms with Gasteiger partial charge in [0, 0.05) is 13.6 Å². The molecule has 0 atom stereocenters. The highest BCUT2D eigenvalue weighted by molar-refractivity contribution is 5.93. The molecule has 1 aliphatic rings. The number of hydrogen-bond donors (Lipinski definition) is 0. The van der Waals surface area contributed by atoms with E-state index >= 15 is 0 Å². The molecule has 0 saturated heterocycles. The van der Waals surface area contributed by atoms with Gasteiger partial charge >= 0.3 is 0 Å². The standard InChI is InChI=1S/C12H19NO/c1-5-11(9(2)3)12(14)13(4)8-10-6-7-10/h9-10H,1,6-8H2,2-4H3. The molecule has 0 aromatic carbocycles. The van der Waals surface area contributed by atoms with Crippen molar-refractivity contribution in [1.82, 2.24) is 4.90 Å². The zero-order valence-corrected chi connectivity index (χ0v) is 9.34. The maximum absolute atomic E-state index is 11.9. The molecule has 1 amide bonds. The lowest BCUT2D eigenvalue weighted by Crippen LogP contribution is -2.31. The number of carbonyl (C=O) groups is 1. The first-order valence-electron chi connectivity index (χ1n) is 5.21. The van der Waals surface area contributed by atoms with E-state index in [0.29, 0.717) is 5.57 Å². The summed E-state index contributed by atoms with van der Waals surface area (Å²) in [5.74, 6) is 1.03. The van der Waals surface area contributed by atoms with E-state index in [1.54, 1.807) is 4.90 Å². The second-order valence-corrected chi connectivity index (χ2v) is 4.37. The quantitative estimate of drug-likeness (QED) is 0.495. The van der Waals surface area contributed by atoms with Gasteiger partial charge in [0.05, 0.1) is 5.57 Å². The molecule has 1 saturated carbocycles. The molecule has 0 bridgehead atoms. The number of hydrogen-bond acceptors (Lipinski definition) is 1. The average Bonchev–Trinajstić information content (AvgIpc) is 2.88. The van der Waals surface area contributed by atoms with Gasteiger partial charge in [-0.1, -0.05) is 20.4 Å². The summed E-state index contributed by atoms with van der Waals surface area (Å²) in [5, 5.41) is 0. The van der Waals surface area contributed by atoms with Crippen molar-refractivity contribution < 1.29 is 4.79 Å². The minimum atomic E-state index is 0.0851. The van der Waals surface area contributed by atoms with E-state index in [9.17, 15) is 4.79 Å². The molecule has 14 heavy (non-hydrogen) atoms. The van der Waals surface area contributed by atoms with Crippen LogP contribution in [0.3, 0.4) is 0 Å². The van der Waals surface area contributed by atoms with Gasteiger partial charge in [-0.3, -0.25) is 4.79 Å². The van der Waals surface area contributed by atoms with E-state index in [1.807, 2.05) is 20.9 Å². The number of carbonyl (C=O) groups excluding carboxylic acids is 1. The lowest BCUT2D eigenvalue weighted by atomic mass is 10.0. The Morgan fingerprint density at radius 2 is 2.14 bits per heavy atom. The summed E-state index contributed by atoms with van der Waals surface area (Å²) in [6.45, 7) is 8.45. The summed E-state index contributed by atoms with van der Waals surface area (Å²) >= 11 is 0. The Hall–Kier alpha value is -1.01. The molecule has 1 aliphatic carbocycles. The lowest BCUT2D eigenvalue weighted by Gasteiger charge is -2.19. The highest BCUT2D eigenvalue weighted by Gasteiger charge is 2.26. The summed E-state index contributed by atoms with van der Waals surface area (Å²) in [4.78, 5) is 13.7. The Balaban J connectivity index is 2.57. The van der Waals surface area contributed by atoms with Gasteiger partial charge in [-0.05, 0) is 24.7 Å². The third-order valence-corrected chi connectivity index (χ3v) is 2.57. The van der Waals surface area contributed by atoms with Crippen LogP contribution in [0.5, 0.6) is 0 Å². The zero-order valence-electron chi connectivity index (χ0n) is 9.34. The minimum absolute atomic E-state index is 0.0851. The molecule has 2 heteroatoms. The zero-order chi connectivity index (χ0) is 10.7. The Morgan fingerprint density at radius 3 is 2.50 bits per heavy atom. The summed E-state index contributed by atoms with van der Waals surface area (Å²) in [6.07, 6.45) is 2.54. The van der Waals surface area contributed by atoms with Crippen molar-refractivity contribution >= 4 is 5.91 Å². The van der Waals surface area contributed by atoms with Crippen LogP contribution < -0.4 is 0 Å². The average molecular weight is 193 g/mol. The first-order chi connectivity index (χ1) is 6.56. The molecule has 0 aromatic heterocycles. The van der Waals surface area contributed by atoms with Crippen LogP contribution in [0.25, 0.3) is 0 Å².